The molecule has 0 aliphatic heterocycles. The van der Waals surface area contributed by atoms with Gasteiger partial charge in [0.05, 0.1) is 21.9 Å². The lowest BCUT2D eigenvalue weighted by Gasteiger charge is -2.21. The number of hydrogen-bond donors (Lipinski definition) is 1. The van der Waals surface area contributed by atoms with Crippen LogP contribution in [0.3, 0.4) is 0 Å². The molecule has 0 aliphatic rings. The fourth-order valence-corrected chi connectivity index (χ4v) is 13.3. The number of aromatic amines is 1. The lowest BCUT2D eigenvalue weighted by Crippen LogP contribution is -2.21. The van der Waals surface area contributed by atoms with E-state index in [4.69, 9.17) is 34.8 Å². The zero-order valence-electron chi connectivity index (χ0n) is 82.6. The summed E-state index contributed by atoms with van der Waals surface area (Å²) in [6, 6.07) is 64.6. The summed E-state index contributed by atoms with van der Waals surface area (Å²) in [6.07, 6.45) is -0.569. The molecule has 0 radical (unpaired) electrons. The fraction of sp³-hybridized carbons (Fsp3) is 0.436. The molecule has 0 bridgehead atoms. The Balaban J connectivity index is 0.000000367. The van der Waals surface area contributed by atoms with Gasteiger partial charge >= 0.3 is 6.18 Å². The molecule has 12 aromatic rings. The Morgan fingerprint density at radius 1 is 0.386 bits per heavy atom. The van der Waals surface area contributed by atoms with Gasteiger partial charge in [0.25, 0.3) is 11.1 Å². The van der Waals surface area contributed by atoms with Crippen LogP contribution in [-0.2, 0) is 69.4 Å². The molecule has 0 amide bonds. The topological polar surface area (TPSA) is 106 Å². The van der Waals surface area contributed by atoms with E-state index < -0.39 is 23.4 Å². The Kier molecular flexibility index (Phi) is 41.9. The van der Waals surface area contributed by atoms with Crippen LogP contribution in [0.25, 0.3) is 21.8 Å². The lowest BCUT2D eigenvalue weighted by molar-refractivity contribution is -0.137. The van der Waals surface area contributed by atoms with Gasteiger partial charge in [-0.25, -0.2) is 18.4 Å². The molecule has 1 N–H and O–H groups in total. The number of nitrogens with one attached hydrogen (secondary N) is 1. The van der Waals surface area contributed by atoms with Gasteiger partial charge in [0.2, 0.25) is 0 Å². The monoisotopic (exact) mass is 1860 g/mol. The van der Waals surface area contributed by atoms with Gasteiger partial charge < -0.3 is 4.98 Å². The molecule has 0 aliphatic carbocycles. The summed E-state index contributed by atoms with van der Waals surface area (Å²) < 4.78 is 64.8. The average Bonchev–Trinajstić information content (AvgIpc) is 0.792. The number of H-pyrrole nitrogens is 1. The van der Waals surface area contributed by atoms with E-state index >= 15 is 0 Å². The number of pyridine rings is 1. The molecule has 3 aromatic heterocycles. The molecule has 9 aromatic carbocycles. The summed E-state index contributed by atoms with van der Waals surface area (Å²) in [6.45, 7) is 72.3. The standard InChI is InChI=1S/C14H17BrN2O.C13H16ClN3O.C11H13F3.2C11H16.2C10H13Cl.C10H12F2.C10H15N.C10H14/c1-8-16-12-6-11(15)9(7-14(2,3)4)5-10(12)13(18)17-8;1-13(2,3)7-8-5-9-11(6-10(8)14)15-16-17(4)12(9)18;1-10(2,3)8-5-4-6-9(7-8)11(12,13)14;1-9-5-7-10(8-6-9)11(2,3)4;1-9-7-5-6-8-10(9)11(2,3)4;1-10(2,3)8-4-6-9(11)7-5-8;1-10(2,3)8-5-4-6-9(11)7-8;1-10(2,3)7-4-8(11)6-9(12)5-7;1-8-5-6-9(7-11-8)10(2,3)4;1-10(2,3)9-7-5-4-6-8-9/h5-6H,7H2,1-4H3,(H,16,17,18);5-6H,7H2,1-4H3;4-7H,1-3H3;2*5-8H,1-4H3;2*4-7H,1-3H3;4-6H,1-3H3;5-7H,1-4H3;4-8H,1-3H3. The average molecular weight is 1860 g/mol. The number of fused-ring (bicyclic) bond motifs is 2. The zero-order chi connectivity index (χ0) is 97.4. The van der Waals surface area contributed by atoms with Crippen LogP contribution >= 0.6 is 50.7 Å². The number of rotatable bonds is 2. The predicted molar refractivity (Wildman–Crippen MR) is 539 cm³/mol. The molecule has 0 fully saturated rings. The largest absolute Gasteiger partial charge is 0.416 e. The maximum Gasteiger partial charge on any atom is 0.416 e. The highest BCUT2D eigenvalue weighted by Crippen LogP contribution is 2.36. The predicted octanol–water partition coefficient (Wildman–Crippen LogP) is 32.9. The van der Waals surface area contributed by atoms with Crippen molar-refractivity contribution in [3.63, 3.8) is 0 Å². The van der Waals surface area contributed by atoms with Crippen LogP contribution in [-0.4, -0.2) is 29.9 Å². The summed E-state index contributed by atoms with van der Waals surface area (Å²) in [5, 5.41) is 11.2. The molecular weight excluding hydrogens is 1720 g/mol. The summed E-state index contributed by atoms with van der Waals surface area (Å²) in [5.41, 5.74) is 17.3. The normalized spacial score (nSPS) is 11.9. The number of nitrogens with zero attached hydrogens (tertiary/aromatic N) is 5. The molecule has 0 saturated carbocycles. The number of benzene rings is 9. The third kappa shape index (κ3) is 41.8. The first kappa shape index (κ1) is 113. The van der Waals surface area contributed by atoms with Crippen LogP contribution in [0.2, 0.25) is 15.1 Å². The summed E-state index contributed by atoms with van der Waals surface area (Å²) >= 11 is 21.4. The van der Waals surface area contributed by atoms with Gasteiger partial charge in [0, 0.05) is 44.5 Å². The van der Waals surface area contributed by atoms with Crippen molar-refractivity contribution < 1.29 is 22.0 Å². The molecule has 0 spiro atoms. The molecular formula is C110H145BrCl3F5N6O2. The van der Waals surface area contributed by atoms with Gasteiger partial charge in [-0.05, 0) is 229 Å². The maximum absolute atomic E-state index is 12.7. The van der Waals surface area contributed by atoms with E-state index in [1.165, 1.54) is 73.5 Å². The van der Waals surface area contributed by atoms with Crippen molar-refractivity contribution in [2.24, 2.45) is 17.9 Å². The SMILES string of the molecule is CC(C)(C)c1cc(F)cc(F)c1.CC(C)(C)c1ccc(Cl)cc1.CC(C)(C)c1cccc(C(F)(F)F)c1.CC(C)(C)c1cccc(Cl)c1.CC(C)(C)c1ccccc1.Cc1ccc(C(C)(C)C)cc1.Cc1ccc(C(C)(C)C)cn1.Cc1ccccc1C(C)(C)C.Cc1nc2cc(Br)c(CC(C)(C)C)cc2c(=O)[nH]1.Cn1nnc2cc(Cl)c(CC(C)(C)C)cc2c1=O. The van der Waals surface area contributed by atoms with E-state index in [2.05, 4.69) is 330 Å². The smallest absolute Gasteiger partial charge is 0.310 e. The Morgan fingerprint density at radius 2 is 0.803 bits per heavy atom. The van der Waals surface area contributed by atoms with Crippen LogP contribution in [0.5, 0.6) is 0 Å². The van der Waals surface area contributed by atoms with Crippen LogP contribution in [0, 0.1) is 50.2 Å². The van der Waals surface area contributed by atoms with Gasteiger partial charge in [0.15, 0.2) is 0 Å². The van der Waals surface area contributed by atoms with Gasteiger partial charge in [-0.2, -0.15) is 13.2 Å². The van der Waals surface area contributed by atoms with Crippen molar-refractivity contribution in [2.75, 3.05) is 0 Å². The first-order chi connectivity index (χ1) is 57.8. The fourth-order valence-electron chi connectivity index (χ4n) is 12.3. The number of aryl methyl sites for hydroxylation is 5. The number of halogens is 9. The van der Waals surface area contributed by atoms with Crippen molar-refractivity contribution >= 4 is 72.5 Å². The minimum Gasteiger partial charge on any atom is -0.310 e. The Morgan fingerprint density at radius 3 is 1.22 bits per heavy atom. The quantitative estimate of drug-likeness (QED) is 0.173. The van der Waals surface area contributed by atoms with Crippen LogP contribution in [0.4, 0.5) is 22.0 Å². The second-order valence-electron chi connectivity index (χ2n) is 43.1. The van der Waals surface area contributed by atoms with Crippen LogP contribution in [0.15, 0.2) is 227 Å². The molecule has 0 saturated heterocycles. The number of aromatic nitrogens is 6. The molecule has 0 unspecified atom stereocenters. The van der Waals surface area contributed by atoms with Crippen molar-refractivity contribution in [3.8, 4) is 0 Å². The first-order valence-electron chi connectivity index (χ1n) is 43.3. The van der Waals surface area contributed by atoms with Gasteiger partial charge in [-0.3, -0.25) is 14.6 Å². The zero-order valence-corrected chi connectivity index (χ0v) is 86.4. The number of hydrogen-bond acceptors (Lipinski definition) is 6. The summed E-state index contributed by atoms with van der Waals surface area (Å²) in [4.78, 5) is 35.2. The molecule has 17 heteroatoms. The molecule has 3 heterocycles. The van der Waals surface area contributed by atoms with E-state index in [1.807, 2.05) is 103 Å². The molecule has 690 valence electrons. The number of alkyl halides is 3. The first-order valence-corrected chi connectivity index (χ1v) is 45.2. The van der Waals surface area contributed by atoms with Crippen LogP contribution < -0.4 is 11.1 Å². The minimum absolute atomic E-state index is 0.0693. The van der Waals surface area contributed by atoms with Crippen molar-refractivity contribution in [2.45, 2.75) is 298 Å². The van der Waals surface area contributed by atoms with Crippen LogP contribution in [0.1, 0.15) is 292 Å². The van der Waals surface area contributed by atoms with Gasteiger partial charge in [-0.15, -0.1) is 5.10 Å². The third-order valence-corrected chi connectivity index (χ3v) is 21.5. The Hall–Kier alpha value is -8.66. The summed E-state index contributed by atoms with van der Waals surface area (Å²) in [7, 11) is 1.59. The molecule has 8 nitrogen and oxygen atoms in total. The highest BCUT2D eigenvalue weighted by molar-refractivity contribution is 9.10. The second-order valence-corrected chi connectivity index (χ2v) is 45.2. The highest BCUT2D eigenvalue weighted by Gasteiger charge is 2.32. The van der Waals surface area contributed by atoms with Gasteiger partial charge in [-0.1, -0.05) is 397 Å². The highest BCUT2D eigenvalue weighted by atomic mass is 79.9. The minimum atomic E-state index is -4.25. The van der Waals surface area contributed by atoms with E-state index in [0.717, 1.165) is 61.8 Å². The third-order valence-electron chi connectivity index (χ3n) is 19.9. The Bertz CT molecular complexity index is 5360. The van der Waals surface area contributed by atoms with Crippen molar-refractivity contribution in [1.29, 1.82) is 0 Å². The summed E-state index contributed by atoms with van der Waals surface area (Å²) in [5.74, 6) is -0.386. The molecule has 12 rings (SSSR count). The van der Waals surface area contributed by atoms with E-state index in [0.29, 0.717) is 43.7 Å². The van der Waals surface area contributed by atoms with E-state index in [9.17, 15) is 31.5 Å². The van der Waals surface area contributed by atoms with Gasteiger partial charge in [0.1, 0.15) is 23.0 Å². The molecule has 0 atom stereocenters. The maximum atomic E-state index is 12.7. The van der Waals surface area contributed by atoms with Crippen molar-refractivity contribution in [1.82, 2.24) is 29.9 Å². The molecule has 127 heavy (non-hydrogen) atoms. The Labute approximate surface area is 782 Å². The lowest BCUT2D eigenvalue weighted by atomic mass is 9.84. The van der Waals surface area contributed by atoms with E-state index in [1.54, 1.807) is 26.1 Å². The van der Waals surface area contributed by atoms with Crippen molar-refractivity contribution in [3.05, 3.63) is 348 Å². The van der Waals surface area contributed by atoms with E-state index in [-0.39, 0.29) is 59.9 Å². The second kappa shape index (κ2) is 47.2.